The minimum absolute atomic E-state index is 0.0352. The van der Waals surface area contributed by atoms with Gasteiger partial charge in [0.05, 0.1) is 12.1 Å². The van der Waals surface area contributed by atoms with E-state index in [0.717, 1.165) is 0 Å². The molecule has 120 valence electrons. The van der Waals surface area contributed by atoms with Gasteiger partial charge in [0.2, 0.25) is 5.91 Å². The Hall–Kier alpha value is -3.02. The molecule has 0 aliphatic carbocycles. The monoisotopic (exact) mass is 313 g/mol. The van der Waals surface area contributed by atoms with Crippen LogP contribution in [0.4, 0.5) is 0 Å². The highest BCUT2D eigenvalue weighted by Gasteiger charge is 2.09. The van der Waals surface area contributed by atoms with Crippen LogP contribution in [0.5, 0.6) is 0 Å². The zero-order valence-corrected chi connectivity index (χ0v) is 13.1. The Kier molecular flexibility index (Phi) is 7.13. The first-order chi connectivity index (χ1) is 10.9. The molecule has 2 amide bonds. The summed E-state index contributed by atoms with van der Waals surface area (Å²) in [5, 5.41) is 5.15. The van der Waals surface area contributed by atoms with Crippen LogP contribution in [0.2, 0.25) is 0 Å². The van der Waals surface area contributed by atoms with Crippen LogP contribution in [0.1, 0.15) is 24.2 Å². The van der Waals surface area contributed by atoms with Gasteiger partial charge < -0.3 is 10.6 Å². The summed E-state index contributed by atoms with van der Waals surface area (Å²) in [4.78, 5) is 38.7. The molecule has 1 aromatic heterocycles. The molecule has 0 aliphatic rings. The lowest BCUT2D eigenvalue weighted by molar-refractivity contribution is -0.122. The lowest BCUT2D eigenvalue weighted by atomic mass is 10.2. The summed E-state index contributed by atoms with van der Waals surface area (Å²) < 4.78 is 0. The van der Waals surface area contributed by atoms with Gasteiger partial charge >= 0.3 is 0 Å². The molecule has 1 rings (SSSR count). The molecular weight excluding hydrogens is 294 g/mol. The number of ketones is 1. The summed E-state index contributed by atoms with van der Waals surface area (Å²) in [6.45, 7) is 6.51. The van der Waals surface area contributed by atoms with Crippen molar-refractivity contribution < 1.29 is 14.4 Å². The van der Waals surface area contributed by atoms with E-state index in [0.29, 0.717) is 16.8 Å². The number of hydrogen-bond donors (Lipinski definition) is 2. The van der Waals surface area contributed by atoms with Crippen LogP contribution in [0.25, 0.3) is 0 Å². The van der Waals surface area contributed by atoms with Crippen molar-refractivity contribution in [2.45, 2.75) is 13.8 Å². The van der Waals surface area contributed by atoms with Gasteiger partial charge in [-0.05, 0) is 38.1 Å². The summed E-state index contributed by atoms with van der Waals surface area (Å²) in [6, 6.07) is 3.28. The van der Waals surface area contributed by atoms with Crippen molar-refractivity contribution >= 4 is 17.6 Å². The molecule has 0 atom stereocenters. The summed E-state index contributed by atoms with van der Waals surface area (Å²) in [5.41, 5.74) is 1.16. The first kappa shape index (κ1) is 18.0. The number of aromatic nitrogens is 1. The summed E-state index contributed by atoms with van der Waals surface area (Å²) in [5.74, 6) is -0.872. The van der Waals surface area contributed by atoms with Crippen LogP contribution in [-0.4, -0.2) is 29.1 Å². The molecule has 0 aromatic carbocycles. The van der Waals surface area contributed by atoms with Crippen molar-refractivity contribution in [3.05, 3.63) is 66.2 Å². The van der Waals surface area contributed by atoms with Crippen LogP contribution in [0.15, 0.2) is 60.6 Å². The average molecular weight is 313 g/mol. The van der Waals surface area contributed by atoms with Gasteiger partial charge in [0.25, 0.3) is 5.91 Å². The highest BCUT2D eigenvalue weighted by Crippen LogP contribution is 2.03. The number of carbonyl (C=O) groups is 3. The van der Waals surface area contributed by atoms with Crippen molar-refractivity contribution in [1.82, 2.24) is 15.6 Å². The molecule has 23 heavy (non-hydrogen) atoms. The van der Waals surface area contributed by atoms with Gasteiger partial charge in [-0.1, -0.05) is 12.7 Å². The second-order valence-corrected chi connectivity index (χ2v) is 4.77. The standard InChI is InChI=1S/C17H19N3O3/c1-4-6-15(9-12(2)16(22)19-10-13(3)21)20-17(23)14-7-5-8-18-11-14/h4-9,11H,1,10H2,2-3H3,(H,19,22)(H,20,23)/b12-9+,15-6+. The molecule has 6 nitrogen and oxygen atoms in total. The maximum Gasteiger partial charge on any atom is 0.257 e. The van der Waals surface area contributed by atoms with E-state index in [4.69, 9.17) is 0 Å². The van der Waals surface area contributed by atoms with Gasteiger partial charge in [-0.15, -0.1) is 0 Å². The normalized spacial score (nSPS) is 11.6. The number of allylic oxidation sites excluding steroid dienone is 3. The van der Waals surface area contributed by atoms with Gasteiger partial charge in [0, 0.05) is 23.7 Å². The lowest BCUT2D eigenvalue weighted by Crippen LogP contribution is -2.29. The minimum Gasteiger partial charge on any atom is -0.345 e. The molecule has 1 heterocycles. The van der Waals surface area contributed by atoms with E-state index < -0.39 is 0 Å². The van der Waals surface area contributed by atoms with E-state index in [9.17, 15) is 14.4 Å². The number of pyridine rings is 1. The molecule has 0 spiro atoms. The number of nitrogens with zero attached hydrogens (tertiary/aromatic N) is 1. The fraction of sp³-hybridized carbons (Fsp3) is 0.176. The Morgan fingerprint density at radius 1 is 1.30 bits per heavy atom. The topological polar surface area (TPSA) is 88.2 Å². The zero-order valence-electron chi connectivity index (χ0n) is 13.1. The number of Topliss-reactive ketones (excluding diaryl/α,β-unsaturated/α-hetero) is 1. The summed E-state index contributed by atoms with van der Waals surface area (Å²) in [7, 11) is 0. The van der Waals surface area contributed by atoms with Crippen molar-refractivity contribution in [1.29, 1.82) is 0 Å². The molecule has 0 aliphatic heterocycles. The summed E-state index contributed by atoms with van der Waals surface area (Å²) >= 11 is 0. The van der Waals surface area contributed by atoms with Crippen molar-refractivity contribution in [2.75, 3.05) is 6.54 Å². The first-order valence-electron chi connectivity index (χ1n) is 6.94. The van der Waals surface area contributed by atoms with Gasteiger partial charge in [0.15, 0.2) is 0 Å². The van der Waals surface area contributed by atoms with Crippen molar-refractivity contribution in [2.24, 2.45) is 0 Å². The van der Waals surface area contributed by atoms with E-state index in [1.165, 1.54) is 25.3 Å². The predicted octanol–water partition coefficient (Wildman–Crippen LogP) is 1.53. The van der Waals surface area contributed by atoms with E-state index in [2.05, 4.69) is 22.2 Å². The van der Waals surface area contributed by atoms with Crippen LogP contribution in [0.3, 0.4) is 0 Å². The maximum absolute atomic E-state index is 12.1. The molecule has 0 saturated carbocycles. The first-order valence-corrected chi connectivity index (χ1v) is 6.94. The van der Waals surface area contributed by atoms with E-state index in [1.807, 2.05) is 0 Å². The van der Waals surface area contributed by atoms with Gasteiger partial charge in [0.1, 0.15) is 5.78 Å². The summed E-state index contributed by atoms with van der Waals surface area (Å²) in [6.07, 6.45) is 7.58. The Morgan fingerprint density at radius 2 is 2.04 bits per heavy atom. The third-order valence-electron chi connectivity index (χ3n) is 2.71. The highest BCUT2D eigenvalue weighted by atomic mass is 16.2. The molecule has 0 saturated heterocycles. The van der Waals surface area contributed by atoms with Crippen LogP contribution < -0.4 is 10.6 Å². The zero-order chi connectivity index (χ0) is 17.2. The van der Waals surface area contributed by atoms with E-state index in [-0.39, 0.29) is 24.1 Å². The largest absolute Gasteiger partial charge is 0.345 e. The molecule has 6 heteroatoms. The molecule has 1 aromatic rings. The predicted molar refractivity (Wildman–Crippen MR) is 87.4 cm³/mol. The van der Waals surface area contributed by atoms with Gasteiger partial charge in [-0.2, -0.15) is 0 Å². The molecule has 0 fully saturated rings. The van der Waals surface area contributed by atoms with Crippen LogP contribution in [0, 0.1) is 0 Å². The van der Waals surface area contributed by atoms with Crippen LogP contribution >= 0.6 is 0 Å². The van der Waals surface area contributed by atoms with Crippen molar-refractivity contribution in [3.8, 4) is 0 Å². The molecule has 0 radical (unpaired) electrons. The minimum atomic E-state index is -0.384. The third kappa shape index (κ3) is 6.52. The molecular formula is C17H19N3O3. The Balaban J connectivity index is 2.82. The number of nitrogens with one attached hydrogen (secondary N) is 2. The second kappa shape index (κ2) is 9.09. The fourth-order valence-corrected chi connectivity index (χ4v) is 1.60. The van der Waals surface area contributed by atoms with E-state index >= 15 is 0 Å². The Morgan fingerprint density at radius 3 is 2.61 bits per heavy atom. The second-order valence-electron chi connectivity index (χ2n) is 4.77. The number of rotatable bonds is 7. The van der Waals surface area contributed by atoms with Crippen molar-refractivity contribution in [3.63, 3.8) is 0 Å². The van der Waals surface area contributed by atoms with Gasteiger partial charge in [-0.3, -0.25) is 19.4 Å². The average Bonchev–Trinajstić information content (AvgIpc) is 2.53. The molecule has 2 N–H and O–H groups in total. The quantitative estimate of drug-likeness (QED) is 0.590. The SMILES string of the molecule is C=C/C=C(\C=C(/C)C(=O)NCC(C)=O)NC(=O)c1cccnc1. The number of amides is 2. The third-order valence-corrected chi connectivity index (χ3v) is 2.71. The lowest BCUT2D eigenvalue weighted by Gasteiger charge is -2.08. The number of carbonyl (C=O) groups excluding carboxylic acids is 3. The van der Waals surface area contributed by atoms with E-state index in [1.54, 1.807) is 31.3 Å². The molecule has 0 bridgehead atoms. The fourth-order valence-electron chi connectivity index (χ4n) is 1.60. The smallest absolute Gasteiger partial charge is 0.257 e. The van der Waals surface area contributed by atoms with Crippen LogP contribution in [-0.2, 0) is 9.59 Å². The maximum atomic E-state index is 12.1. The van der Waals surface area contributed by atoms with Gasteiger partial charge in [-0.25, -0.2) is 0 Å². The Labute approximate surface area is 135 Å². The highest BCUT2D eigenvalue weighted by molar-refractivity contribution is 5.97. The Bertz CT molecular complexity index is 661. The number of hydrogen-bond acceptors (Lipinski definition) is 4. The molecule has 0 unspecified atom stereocenters.